The minimum absolute atomic E-state index is 0.267. The van der Waals surface area contributed by atoms with Gasteiger partial charge in [0.15, 0.2) is 0 Å². The van der Waals surface area contributed by atoms with E-state index in [0.29, 0.717) is 0 Å². The van der Waals surface area contributed by atoms with Crippen LogP contribution < -0.4 is 5.73 Å². The molecule has 2 heteroatoms. The Balaban J connectivity index is 2.47. The quantitative estimate of drug-likeness (QED) is 0.762. The van der Waals surface area contributed by atoms with Gasteiger partial charge in [-0.05, 0) is 25.5 Å². The molecule has 0 saturated heterocycles. The third-order valence-corrected chi connectivity index (χ3v) is 3.13. The highest BCUT2D eigenvalue weighted by molar-refractivity contribution is 7.12. The summed E-state index contributed by atoms with van der Waals surface area (Å²) in [5.41, 5.74) is 6.00. The number of hydrogen-bond acceptors (Lipinski definition) is 2. The zero-order valence-corrected chi connectivity index (χ0v) is 8.66. The molecule has 1 nitrogen and oxygen atoms in total. The predicted octanol–water partition coefficient (Wildman–Crippen LogP) is 3.25. The molecule has 0 radical (unpaired) electrons. The fraction of sp³-hybridized carbons (Fsp3) is 0.600. The van der Waals surface area contributed by atoms with Gasteiger partial charge in [-0.2, -0.15) is 0 Å². The number of aryl methyl sites for hydroxylation is 1. The first-order valence-corrected chi connectivity index (χ1v) is 5.37. The summed E-state index contributed by atoms with van der Waals surface area (Å²) in [5, 5.41) is 0. The Morgan fingerprint density at radius 3 is 2.75 bits per heavy atom. The average molecular weight is 183 g/mol. The summed E-state index contributed by atoms with van der Waals surface area (Å²) in [6.07, 6.45) is 3.59. The van der Waals surface area contributed by atoms with E-state index in [9.17, 15) is 0 Å². The highest BCUT2D eigenvalue weighted by Gasteiger charge is 2.06. The largest absolute Gasteiger partial charge is 0.323 e. The molecule has 0 aliphatic heterocycles. The van der Waals surface area contributed by atoms with Crippen molar-refractivity contribution < 1.29 is 0 Å². The third kappa shape index (κ3) is 2.61. The van der Waals surface area contributed by atoms with Crippen molar-refractivity contribution in [2.45, 2.75) is 39.2 Å². The molecule has 12 heavy (non-hydrogen) atoms. The van der Waals surface area contributed by atoms with E-state index in [1.165, 1.54) is 22.6 Å². The highest BCUT2D eigenvalue weighted by atomic mass is 32.1. The van der Waals surface area contributed by atoms with Crippen molar-refractivity contribution in [3.63, 3.8) is 0 Å². The van der Waals surface area contributed by atoms with Crippen molar-refractivity contribution in [3.8, 4) is 0 Å². The molecule has 0 fully saturated rings. The predicted molar refractivity (Wildman–Crippen MR) is 55.5 cm³/mol. The zero-order chi connectivity index (χ0) is 8.97. The molecule has 0 bridgehead atoms. The molecule has 0 unspecified atom stereocenters. The van der Waals surface area contributed by atoms with Crippen LogP contribution in [0.1, 0.15) is 42.0 Å². The molecule has 1 rings (SSSR count). The van der Waals surface area contributed by atoms with E-state index in [-0.39, 0.29) is 6.04 Å². The summed E-state index contributed by atoms with van der Waals surface area (Å²) in [5.74, 6) is 0. The lowest BCUT2D eigenvalue weighted by atomic mass is 10.1. The van der Waals surface area contributed by atoms with Gasteiger partial charge in [0, 0.05) is 15.8 Å². The molecule has 1 heterocycles. The van der Waals surface area contributed by atoms with Gasteiger partial charge in [0.2, 0.25) is 0 Å². The van der Waals surface area contributed by atoms with Crippen molar-refractivity contribution in [2.75, 3.05) is 0 Å². The van der Waals surface area contributed by atoms with E-state index in [0.717, 1.165) is 6.42 Å². The molecule has 1 aromatic rings. The molecule has 0 aliphatic rings. The van der Waals surface area contributed by atoms with Crippen molar-refractivity contribution in [3.05, 3.63) is 21.9 Å². The Morgan fingerprint density at radius 1 is 1.50 bits per heavy atom. The third-order valence-electron chi connectivity index (χ3n) is 2.00. The van der Waals surface area contributed by atoms with Gasteiger partial charge in [0.1, 0.15) is 0 Å². The molecule has 0 aliphatic carbocycles. The van der Waals surface area contributed by atoms with E-state index in [4.69, 9.17) is 5.73 Å². The van der Waals surface area contributed by atoms with Crippen LogP contribution in [0.2, 0.25) is 0 Å². The number of nitrogens with two attached hydrogens (primary N) is 1. The van der Waals surface area contributed by atoms with Gasteiger partial charge in [0.25, 0.3) is 0 Å². The number of rotatable bonds is 4. The lowest BCUT2D eigenvalue weighted by Gasteiger charge is -2.07. The van der Waals surface area contributed by atoms with Crippen LogP contribution in [0.5, 0.6) is 0 Å². The smallest absolute Gasteiger partial charge is 0.0389 e. The lowest BCUT2D eigenvalue weighted by molar-refractivity contribution is 0.611. The van der Waals surface area contributed by atoms with Gasteiger partial charge in [0.05, 0.1) is 0 Å². The maximum atomic E-state index is 6.00. The van der Waals surface area contributed by atoms with Crippen molar-refractivity contribution in [1.82, 2.24) is 0 Å². The lowest BCUT2D eigenvalue weighted by Crippen LogP contribution is -2.07. The van der Waals surface area contributed by atoms with Crippen LogP contribution in [0.25, 0.3) is 0 Å². The van der Waals surface area contributed by atoms with Crippen LogP contribution in [-0.2, 0) is 0 Å². The van der Waals surface area contributed by atoms with Crippen LogP contribution in [0, 0.1) is 6.92 Å². The molecule has 0 spiro atoms. The molecular formula is C10H17NS. The maximum absolute atomic E-state index is 6.00. The minimum atomic E-state index is 0.267. The summed E-state index contributed by atoms with van der Waals surface area (Å²) in [4.78, 5) is 2.69. The summed E-state index contributed by atoms with van der Waals surface area (Å²) in [6.45, 7) is 4.33. The van der Waals surface area contributed by atoms with Gasteiger partial charge in [-0.3, -0.25) is 0 Å². The Hall–Kier alpha value is -0.340. The topological polar surface area (TPSA) is 26.0 Å². The van der Waals surface area contributed by atoms with E-state index < -0.39 is 0 Å². The van der Waals surface area contributed by atoms with Gasteiger partial charge >= 0.3 is 0 Å². The van der Waals surface area contributed by atoms with Crippen LogP contribution in [0.4, 0.5) is 0 Å². The molecule has 0 amide bonds. The van der Waals surface area contributed by atoms with Crippen molar-refractivity contribution in [2.24, 2.45) is 5.73 Å². The van der Waals surface area contributed by atoms with Crippen LogP contribution in [0.3, 0.4) is 0 Å². The molecule has 0 saturated carbocycles. The number of unbranched alkanes of at least 4 members (excludes halogenated alkanes) is 1. The first-order valence-electron chi connectivity index (χ1n) is 4.56. The first kappa shape index (κ1) is 9.75. The van der Waals surface area contributed by atoms with E-state index in [1.54, 1.807) is 0 Å². The Morgan fingerprint density at radius 2 is 2.25 bits per heavy atom. The summed E-state index contributed by atoms with van der Waals surface area (Å²) in [6, 6.07) is 4.57. The van der Waals surface area contributed by atoms with E-state index >= 15 is 0 Å². The SMILES string of the molecule is CCCC[C@H](N)c1ccc(C)s1. The van der Waals surface area contributed by atoms with Gasteiger partial charge in [-0.25, -0.2) is 0 Å². The Labute approximate surface area is 78.6 Å². The average Bonchev–Trinajstić information content (AvgIpc) is 2.47. The maximum Gasteiger partial charge on any atom is 0.0389 e. The second-order valence-electron chi connectivity index (χ2n) is 3.20. The van der Waals surface area contributed by atoms with Crippen molar-refractivity contribution >= 4 is 11.3 Å². The van der Waals surface area contributed by atoms with Crippen molar-refractivity contribution in [1.29, 1.82) is 0 Å². The minimum Gasteiger partial charge on any atom is -0.323 e. The number of hydrogen-bond donors (Lipinski definition) is 1. The molecule has 1 aromatic heterocycles. The summed E-state index contributed by atoms with van der Waals surface area (Å²) >= 11 is 1.82. The monoisotopic (exact) mass is 183 g/mol. The van der Waals surface area contributed by atoms with E-state index in [2.05, 4.69) is 26.0 Å². The highest BCUT2D eigenvalue weighted by Crippen LogP contribution is 2.24. The van der Waals surface area contributed by atoms with Gasteiger partial charge < -0.3 is 5.73 Å². The number of thiophene rings is 1. The molecular weight excluding hydrogens is 166 g/mol. The standard InChI is InChI=1S/C10H17NS/c1-3-4-5-9(11)10-7-6-8(2)12-10/h6-7,9H,3-5,11H2,1-2H3/t9-/m0/s1. The molecule has 68 valence electrons. The molecule has 0 aromatic carbocycles. The second kappa shape index (κ2) is 4.63. The fourth-order valence-electron chi connectivity index (χ4n) is 1.22. The summed E-state index contributed by atoms with van der Waals surface area (Å²) < 4.78 is 0. The summed E-state index contributed by atoms with van der Waals surface area (Å²) in [7, 11) is 0. The van der Waals surface area contributed by atoms with Gasteiger partial charge in [-0.15, -0.1) is 11.3 Å². The Bertz CT molecular complexity index is 229. The zero-order valence-electron chi connectivity index (χ0n) is 7.84. The second-order valence-corrected chi connectivity index (χ2v) is 4.52. The van der Waals surface area contributed by atoms with Crippen LogP contribution in [-0.4, -0.2) is 0 Å². The van der Waals surface area contributed by atoms with E-state index in [1.807, 2.05) is 11.3 Å². The van der Waals surface area contributed by atoms with Gasteiger partial charge in [-0.1, -0.05) is 19.8 Å². The normalized spacial score (nSPS) is 13.2. The van der Waals surface area contributed by atoms with Crippen LogP contribution >= 0.6 is 11.3 Å². The van der Waals surface area contributed by atoms with Crippen LogP contribution in [0.15, 0.2) is 12.1 Å². The first-order chi connectivity index (χ1) is 5.74. The Kier molecular flexibility index (Phi) is 3.76. The fourth-order valence-corrected chi connectivity index (χ4v) is 2.13. The molecule has 1 atom stereocenters. The molecule has 2 N–H and O–H groups in total.